The molecule has 4 rings (SSSR count). The molecule has 4 N–H and O–H groups in total. The van der Waals surface area contributed by atoms with Gasteiger partial charge in [0, 0.05) is 58.2 Å². The predicted octanol–water partition coefficient (Wildman–Crippen LogP) is 2.31. The lowest BCUT2D eigenvalue weighted by Gasteiger charge is -2.34. The maximum Gasteiger partial charge on any atom is 0.435 e. The maximum absolute atomic E-state index is 13.6. The average Bonchev–Trinajstić information content (AvgIpc) is 3.55. The van der Waals surface area contributed by atoms with Crippen molar-refractivity contribution in [1.29, 1.82) is 0 Å². The van der Waals surface area contributed by atoms with Crippen LogP contribution in [0.15, 0.2) is 30.6 Å². The summed E-state index contributed by atoms with van der Waals surface area (Å²) in [6, 6.07) is 4.23. The molecule has 44 heavy (non-hydrogen) atoms. The fourth-order valence-corrected chi connectivity index (χ4v) is 4.89. The van der Waals surface area contributed by atoms with Crippen molar-refractivity contribution in [2.75, 3.05) is 51.1 Å². The van der Waals surface area contributed by atoms with Crippen molar-refractivity contribution < 1.29 is 36.3 Å². The summed E-state index contributed by atoms with van der Waals surface area (Å²) in [6.45, 7) is 1.59. The zero-order valence-electron chi connectivity index (χ0n) is 23.4. The number of rotatable bonds is 10. The number of carbonyl (C=O) groups excluding carboxylic acids is 3. The molecule has 1 fully saturated rings. The fourth-order valence-electron chi connectivity index (χ4n) is 4.63. The summed E-state index contributed by atoms with van der Waals surface area (Å²) in [7, 11) is 1.29. The molecule has 238 valence electrons. The summed E-state index contributed by atoms with van der Waals surface area (Å²) in [5, 5.41) is 8.54. The fraction of sp³-hybridized carbons (Fsp3) is 0.423. The zero-order valence-corrected chi connectivity index (χ0v) is 24.1. The molecule has 1 saturated heterocycles. The molecule has 2 aromatic heterocycles. The number of hydrogen-bond donors (Lipinski definition) is 3. The molecule has 0 radical (unpaired) electrons. The number of amides is 3. The highest BCUT2D eigenvalue weighted by molar-refractivity contribution is 6.34. The highest BCUT2D eigenvalue weighted by Gasteiger charge is 2.39. The molecule has 0 unspecified atom stereocenters. The lowest BCUT2D eigenvalue weighted by atomic mass is 10.1. The number of halogens is 6. The van der Waals surface area contributed by atoms with Gasteiger partial charge in [-0.2, -0.15) is 18.3 Å². The Hall–Kier alpha value is -4.09. The smallest absolute Gasteiger partial charge is 0.354 e. The lowest BCUT2D eigenvalue weighted by molar-refractivity contribution is -0.141. The first-order chi connectivity index (χ1) is 20.8. The summed E-state index contributed by atoms with van der Waals surface area (Å²) < 4.78 is 67.9. The lowest BCUT2D eigenvalue weighted by Crippen LogP contribution is -2.51. The van der Waals surface area contributed by atoms with Gasteiger partial charge >= 0.3 is 6.18 Å². The van der Waals surface area contributed by atoms with E-state index in [2.05, 4.69) is 20.7 Å². The monoisotopic (exact) mass is 645 g/mol. The third-order valence-electron chi connectivity index (χ3n) is 6.77. The Labute approximate surface area is 252 Å². The molecule has 3 aromatic rings. The Balaban J connectivity index is 1.42. The summed E-state index contributed by atoms with van der Waals surface area (Å²) in [5.74, 6) is -1.55. The number of imidazole rings is 1. The van der Waals surface area contributed by atoms with E-state index in [0.29, 0.717) is 44.0 Å². The van der Waals surface area contributed by atoms with Gasteiger partial charge in [0.1, 0.15) is 6.54 Å². The largest absolute Gasteiger partial charge is 0.435 e. The number of nitrogens with one attached hydrogen (secondary N) is 2. The standard InChI is InChI=1S/C26H29ClF5N9O3/c1-38-19(17-12-41(13-20(28)29)37-22(17)26(30,31)32)11-35-23(38)24(43)36-15-2-3-16(18(27)10-15)25(44)40-8-6-39(7-9-40)14-21(42)34-5-4-33/h2-3,10-12,20H,4-9,13-14,33H2,1H3,(H,34,42)(H,36,43). The van der Waals surface area contributed by atoms with Crippen LogP contribution in [0.1, 0.15) is 26.7 Å². The van der Waals surface area contributed by atoms with Crippen LogP contribution in [0, 0.1) is 0 Å². The van der Waals surface area contributed by atoms with Crippen molar-refractivity contribution in [3.05, 3.63) is 52.7 Å². The van der Waals surface area contributed by atoms with E-state index in [1.807, 2.05) is 4.90 Å². The van der Waals surface area contributed by atoms with Gasteiger partial charge in [-0.25, -0.2) is 13.8 Å². The van der Waals surface area contributed by atoms with Crippen LogP contribution in [0.4, 0.5) is 27.6 Å². The highest BCUT2D eigenvalue weighted by Crippen LogP contribution is 2.36. The molecule has 12 nitrogen and oxygen atoms in total. The number of hydrogen-bond acceptors (Lipinski definition) is 7. The summed E-state index contributed by atoms with van der Waals surface area (Å²) in [4.78, 5) is 45.4. The minimum atomic E-state index is -4.94. The van der Waals surface area contributed by atoms with E-state index in [1.54, 1.807) is 4.90 Å². The first-order valence-electron chi connectivity index (χ1n) is 13.3. The molecular formula is C26H29ClF5N9O3. The van der Waals surface area contributed by atoms with Gasteiger partial charge in [0.2, 0.25) is 5.91 Å². The normalized spacial score (nSPS) is 14.2. The van der Waals surface area contributed by atoms with E-state index in [9.17, 15) is 36.3 Å². The van der Waals surface area contributed by atoms with E-state index in [0.717, 1.165) is 17.0 Å². The van der Waals surface area contributed by atoms with Crippen LogP contribution in [-0.4, -0.2) is 99.1 Å². The van der Waals surface area contributed by atoms with E-state index >= 15 is 0 Å². The molecule has 0 aliphatic carbocycles. The molecule has 1 aromatic carbocycles. The molecule has 0 saturated carbocycles. The van der Waals surface area contributed by atoms with E-state index < -0.39 is 36.3 Å². The first kappa shape index (κ1) is 32.8. The van der Waals surface area contributed by atoms with Gasteiger partial charge in [0.25, 0.3) is 18.2 Å². The van der Waals surface area contributed by atoms with E-state index in [1.165, 1.54) is 25.2 Å². The number of nitrogens with two attached hydrogens (primary N) is 1. The molecule has 18 heteroatoms. The second-order valence-corrected chi connectivity index (χ2v) is 10.3. The number of aromatic nitrogens is 4. The van der Waals surface area contributed by atoms with Crippen LogP contribution in [-0.2, 0) is 24.6 Å². The van der Waals surface area contributed by atoms with E-state index in [-0.39, 0.29) is 46.2 Å². The molecule has 3 amide bonds. The van der Waals surface area contributed by atoms with Gasteiger partial charge in [0.15, 0.2) is 11.5 Å². The third kappa shape index (κ3) is 7.70. The number of nitrogens with zero attached hydrogens (tertiary/aromatic N) is 6. The third-order valence-corrected chi connectivity index (χ3v) is 7.09. The molecular weight excluding hydrogens is 617 g/mol. The van der Waals surface area contributed by atoms with Crippen molar-refractivity contribution in [3.8, 4) is 11.3 Å². The van der Waals surface area contributed by atoms with Gasteiger partial charge in [-0.1, -0.05) is 11.6 Å². The quantitative estimate of drug-likeness (QED) is 0.287. The zero-order chi connectivity index (χ0) is 32.2. The number of carbonyl (C=O) groups is 3. The Morgan fingerprint density at radius 1 is 1.14 bits per heavy atom. The maximum atomic E-state index is 13.6. The number of alkyl halides is 5. The highest BCUT2D eigenvalue weighted by atomic mass is 35.5. The van der Waals surface area contributed by atoms with Gasteiger partial charge in [-0.3, -0.25) is 24.0 Å². The minimum absolute atomic E-state index is 0.0539. The molecule has 0 spiro atoms. The van der Waals surface area contributed by atoms with Crippen LogP contribution in [0.25, 0.3) is 11.3 Å². The van der Waals surface area contributed by atoms with Gasteiger partial charge in [-0.05, 0) is 18.2 Å². The van der Waals surface area contributed by atoms with Crippen molar-refractivity contribution in [2.45, 2.75) is 19.1 Å². The first-order valence-corrected chi connectivity index (χ1v) is 13.7. The summed E-state index contributed by atoms with van der Waals surface area (Å²) >= 11 is 6.37. The minimum Gasteiger partial charge on any atom is -0.354 e. The number of anilines is 1. The summed E-state index contributed by atoms with van der Waals surface area (Å²) in [5.41, 5.74) is 3.69. The van der Waals surface area contributed by atoms with Gasteiger partial charge in [0.05, 0.1) is 34.6 Å². The number of benzene rings is 1. The van der Waals surface area contributed by atoms with Crippen LogP contribution in [0.3, 0.4) is 0 Å². The molecule has 1 aliphatic heterocycles. The van der Waals surface area contributed by atoms with Crippen molar-refractivity contribution in [2.24, 2.45) is 12.8 Å². The SMILES string of the molecule is Cn1c(-c2cn(CC(F)F)nc2C(F)(F)F)cnc1C(=O)Nc1ccc(C(=O)N2CCN(CC(=O)NCCN)CC2)c(Cl)c1. The Morgan fingerprint density at radius 3 is 2.45 bits per heavy atom. The van der Waals surface area contributed by atoms with Crippen molar-refractivity contribution in [3.63, 3.8) is 0 Å². The average molecular weight is 646 g/mol. The molecule has 1 aliphatic rings. The Morgan fingerprint density at radius 2 is 1.84 bits per heavy atom. The Bertz CT molecular complexity index is 1520. The van der Waals surface area contributed by atoms with Crippen molar-refractivity contribution in [1.82, 2.24) is 34.4 Å². The van der Waals surface area contributed by atoms with E-state index in [4.69, 9.17) is 17.3 Å². The molecule has 0 atom stereocenters. The second kappa shape index (κ2) is 13.7. The predicted molar refractivity (Wildman–Crippen MR) is 149 cm³/mol. The number of piperazine rings is 1. The van der Waals surface area contributed by atoms with Crippen LogP contribution < -0.4 is 16.4 Å². The summed E-state index contributed by atoms with van der Waals surface area (Å²) in [6.07, 6.45) is -6.04. The van der Waals surface area contributed by atoms with Gasteiger partial charge in [-0.15, -0.1) is 0 Å². The topological polar surface area (TPSA) is 143 Å². The van der Waals surface area contributed by atoms with Crippen LogP contribution in [0.5, 0.6) is 0 Å². The van der Waals surface area contributed by atoms with Crippen LogP contribution >= 0.6 is 11.6 Å². The van der Waals surface area contributed by atoms with Crippen molar-refractivity contribution >= 4 is 35.0 Å². The molecule has 0 bridgehead atoms. The molecule has 3 heterocycles. The van der Waals surface area contributed by atoms with Crippen LogP contribution in [0.2, 0.25) is 5.02 Å². The second-order valence-electron chi connectivity index (χ2n) is 9.88. The Kier molecular flexibility index (Phi) is 10.2. The van der Waals surface area contributed by atoms with Gasteiger partial charge < -0.3 is 25.8 Å².